The Bertz CT molecular complexity index is 969. The van der Waals surface area contributed by atoms with Gasteiger partial charge >= 0.3 is 6.18 Å². The third kappa shape index (κ3) is 3.66. The van der Waals surface area contributed by atoms with E-state index in [-0.39, 0.29) is 28.6 Å². The number of nitrogens with zero attached hydrogens (tertiary/aromatic N) is 1. The van der Waals surface area contributed by atoms with Crippen LogP contribution in [0.3, 0.4) is 0 Å². The molecule has 0 radical (unpaired) electrons. The summed E-state index contributed by atoms with van der Waals surface area (Å²) in [7, 11) is 0. The van der Waals surface area contributed by atoms with E-state index in [0.717, 1.165) is 31.5 Å². The lowest BCUT2D eigenvalue weighted by Gasteiger charge is -2.72. The van der Waals surface area contributed by atoms with Crippen LogP contribution in [0, 0.1) is 17.2 Å². The second-order valence-electron chi connectivity index (χ2n) is 8.27. The number of pyridine rings is 1. The van der Waals surface area contributed by atoms with Crippen molar-refractivity contribution in [3.05, 3.63) is 59.7 Å². The predicted octanol–water partition coefficient (Wildman–Crippen LogP) is 4.70. The topological polar surface area (TPSA) is 54.0 Å². The Balaban J connectivity index is 1.32. The lowest BCUT2D eigenvalue weighted by molar-refractivity contribution is -0.182. The Hall–Kier alpha value is -2.55. The average Bonchev–Trinajstić information content (AvgIpc) is 2.64. The zero-order chi connectivity index (χ0) is 21.7. The molecule has 1 heterocycles. The van der Waals surface area contributed by atoms with Crippen LogP contribution in [-0.2, 0) is 11.0 Å². The van der Waals surface area contributed by atoms with Crippen LogP contribution in [0.4, 0.5) is 23.2 Å². The molecule has 2 aromatic rings. The highest BCUT2D eigenvalue weighted by molar-refractivity contribution is 7.80. The van der Waals surface area contributed by atoms with Gasteiger partial charge in [0.1, 0.15) is 16.5 Å². The smallest absolute Gasteiger partial charge is 0.370 e. The Morgan fingerprint density at radius 1 is 1.13 bits per heavy atom. The maximum absolute atomic E-state index is 13.0. The molecule has 3 saturated carbocycles. The normalized spacial score (nSPS) is 25.5. The number of rotatable bonds is 5. The van der Waals surface area contributed by atoms with Crippen molar-refractivity contribution in [3.63, 3.8) is 0 Å². The molecule has 3 fully saturated rings. The van der Waals surface area contributed by atoms with Crippen molar-refractivity contribution in [2.75, 3.05) is 5.32 Å². The highest BCUT2D eigenvalue weighted by Crippen LogP contribution is 2.70. The summed E-state index contributed by atoms with van der Waals surface area (Å²) in [6.45, 7) is 1.88. The minimum atomic E-state index is -4.49. The van der Waals surface area contributed by atoms with E-state index in [2.05, 4.69) is 15.6 Å². The second-order valence-corrected chi connectivity index (χ2v) is 8.68. The van der Waals surface area contributed by atoms with Gasteiger partial charge in [0.2, 0.25) is 5.91 Å². The van der Waals surface area contributed by atoms with Crippen molar-refractivity contribution in [2.24, 2.45) is 11.3 Å². The number of amides is 1. The number of benzene rings is 1. The number of nitrogens with one attached hydrogen (secondary N) is 2. The molecule has 4 nitrogen and oxygen atoms in total. The van der Waals surface area contributed by atoms with E-state index in [1.807, 2.05) is 6.92 Å². The number of hydrogen-bond acceptors (Lipinski definition) is 3. The van der Waals surface area contributed by atoms with Gasteiger partial charge in [0.15, 0.2) is 0 Å². The molecule has 2 bridgehead atoms. The number of hydrogen-bond donors (Lipinski definition) is 2. The molecule has 0 spiro atoms. The molecule has 1 aromatic carbocycles. The second kappa shape index (κ2) is 7.01. The van der Waals surface area contributed by atoms with Gasteiger partial charge in [0.25, 0.3) is 0 Å². The number of thiocarbonyl (C=S) groups is 1. The molecular weight excluding hydrogens is 418 g/mol. The van der Waals surface area contributed by atoms with Crippen LogP contribution in [0.25, 0.3) is 0 Å². The van der Waals surface area contributed by atoms with E-state index >= 15 is 0 Å². The molecular formula is C21H19F4N3OS. The van der Waals surface area contributed by atoms with E-state index in [0.29, 0.717) is 16.2 Å². The number of carbonyl (C=O) groups excluding carboxylic acids is 1. The minimum Gasteiger partial charge on any atom is -0.370 e. The summed E-state index contributed by atoms with van der Waals surface area (Å²) in [6, 6.07) is 7.83. The third-order valence-corrected chi connectivity index (χ3v) is 6.53. The molecule has 1 atom stereocenters. The molecule has 1 amide bonds. The maximum Gasteiger partial charge on any atom is 0.433 e. The van der Waals surface area contributed by atoms with Gasteiger partial charge in [-0.25, -0.2) is 4.39 Å². The number of carbonyl (C=O) groups is 1. The Morgan fingerprint density at radius 2 is 1.77 bits per heavy atom. The molecule has 5 rings (SSSR count). The van der Waals surface area contributed by atoms with Crippen LogP contribution in [0.5, 0.6) is 0 Å². The standard InChI is InChI=1S/C21H19F4N3OS/c1-12(17(29)27-15-5-3-14(22)4-6-15)19-9-20(10-19,11-19)28-18(30)13-2-7-16(26-8-13)21(23,24)25/h2-8,12H,9-11H2,1H3,(H,27,29)(H,28,30)/t12-,19?,20?/m1/s1. The van der Waals surface area contributed by atoms with Crippen molar-refractivity contribution < 1.29 is 22.4 Å². The monoisotopic (exact) mass is 437 g/mol. The van der Waals surface area contributed by atoms with E-state index in [1.54, 1.807) is 0 Å². The van der Waals surface area contributed by atoms with E-state index < -0.39 is 11.9 Å². The molecule has 158 valence electrons. The first-order chi connectivity index (χ1) is 14.0. The Morgan fingerprint density at radius 3 is 2.30 bits per heavy atom. The first kappa shape index (κ1) is 20.7. The number of halogens is 4. The summed E-state index contributed by atoms with van der Waals surface area (Å²) >= 11 is 5.34. The van der Waals surface area contributed by atoms with Crippen LogP contribution in [-0.4, -0.2) is 21.4 Å². The minimum absolute atomic E-state index is 0.120. The van der Waals surface area contributed by atoms with Gasteiger partial charge in [-0.05, 0) is 61.1 Å². The van der Waals surface area contributed by atoms with Gasteiger partial charge in [0, 0.05) is 28.9 Å². The van der Waals surface area contributed by atoms with Gasteiger partial charge in [-0.1, -0.05) is 19.1 Å². The zero-order valence-corrected chi connectivity index (χ0v) is 16.8. The number of aromatic nitrogens is 1. The summed E-state index contributed by atoms with van der Waals surface area (Å²) in [5.41, 5.74) is -0.322. The van der Waals surface area contributed by atoms with Gasteiger partial charge in [-0.2, -0.15) is 13.2 Å². The fourth-order valence-corrected chi connectivity index (χ4v) is 4.87. The zero-order valence-electron chi connectivity index (χ0n) is 16.0. The number of anilines is 1. The summed E-state index contributed by atoms with van der Waals surface area (Å²) in [6.07, 6.45) is -1.10. The third-order valence-electron chi connectivity index (χ3n) is 6.19. The highest BCUT2D eigenvalue weighted by Gasteiger charge is 2.70. The highest BCUT2D eigenvalue weighted by atomic mass is 32.1. The maximum atomic E-state index is 13.0. The lowest BCUT2D eigenvalue weighted by atomic mass is 9.36. The van der Waals surface area contributed by atoms with Gasteiger partial charge in [-0.15, -0.1) is 0 Å². The van der Waals surface area contributed by atoms with Crippen LogP contribution < -0.4 is 10.6 Å². The van der Waals surface area contributed by atoms with Crippen molar-refractivity contribution in [3.8, 4) is 0 Å². The first-order valence-electron chi connectivity index (χ1n) is 9.44. The van der Waals surface area contributed by atoms with E-state index in [9.17, 15) is 22.4 Å². The molecule has 1 aromatic heterocycles. The Labute approximate surface area is 176 Å². The summed E-state index contributed by atoms with van der Waals surface area (Å²) in [5.74, 6) is -0.718. The van der Waals surface area contributed by atoms with E-state index in [4.69, 9.17) is 12.2 Å². The SMILES string of the molecule is C[C@H](C(=O)Nc1ccc(F)cc1)C12CC(NC(=S)c3ccc(C(F)(F)F)nc3)(C1)C2. The van der Waals surface area contributed by atoms with Crippen molar-refractivity contribution in [2.45, 2.75) is 37.9 Å². The van der Waals surface area contributed by atoms with Crippen LogP contribution in [0.15, 0.2) is 42.6 Å². The summed E-state index contributed by atoms with van der Waals surface area (Å²) in [5, 5.41) is 6.06. The summed E-state index contributed by atoms with van der Waals surface area (Å²) in [4.78, 5) is 16.4. The molecule has 0 aliphatic heterocycles. The van der Waals surface area contributed by atoms with Gasteiger partial charge in [0.05, 0.1) is 0 Å². The van der Waals surface area contributed by atoms with Crippen LogP contribution >= 0.6 is 12.2 Å². The molecule has 9 heteroatoms. The fourth-order valence-electron chi connectivity index (χ4n) is 4.53. The average molecular weight is 437 g/mol. The molecule has 0 unspecified atom stereocenters. The fraction of sp³-hybridized carbons (Fsp3) is 0.381. The first-order valence-corrected chi connectivity index (χ1v) is 9.85. The molecule has 0 saturated heterocycles. The van der Waals surface area contributed by atoms with Gasteiger partial charge in [-0.3, -0.25) is 9.78 Å². The Kier molecular flexibility index (Phi) is 4.84. The molecule has 30 heavy (non-hydrogen) atoms. The quantitative estimate of drug-likeness (QED) is 0.526. The number of alkyl halides is 3. The van der Waals surface area contributed by atoms with Crippen molar-refractivity contribution in [1.29, 1.82) is 0 Å². The van der Waals surface area contributed by atoms with E-state index in [1.165, 1.54) is 30.3 Å². The predicted molar refractivity (Wildman–Crippen MR) is 107 cm³/mol. The van der Waals surface area contributed by atoms with Crippen LogP contribution in [0.1, 0.15) is 37.4 Å². The lowest BCUT2D eigenvalue weighted by Crippen LogP contribution is -2.77. The molecule has 3 aliphatic rings. The van der Waals surface area contributed by atoms with Gasteiger partial charge < -0.3 is 10.6 Å². The van der Waals surface area contributed by atoms with Crippen molar-refractivity contribution in [1.82, 2.24) is 10.3 Å². The molecule has 3 aliphatic carbocycles. The molecule has 2 N–H and O–H groups in total. The summed E-state index contributed by atoms with van der Waals surface area (Å²) < 4.78 is 50.9. The van der Waals surface area contributed by atoms with Crippen molar-refractivity contribution >= 4 is 28.8 Å². The largest absolute Gasteiger partial charge is 0.433 e. The van der Waals surface area contributed by atoms with Crippen LogP contribution in [0.2, 0.25) is 0 Å².